The molecule has 3 amide bonds. The first kappa shape index (κ1) is 19.7. The van der Waals surface area contributed by atoms with Crippen molar-refractivity contribution >= 4 is 24.3 Å². The zero-order valence-corrected chi connectivity index (χ0v) is 17.6. The number of fused-ring (bicyclic) bond motifs is 2. The molecular weight excluding hydrogens is 355 g/mol. The maximum Gasteiger partial charge on any atom is 1.00 e. The van der Waals surface area contributed by atoms with Gasteiger partial charge in [0.05, 0.1) is 6.04 Å². The molecule has 0 aromatic heterocycles. The van der Waals surface area contributed by atoms with Crippen LogP contribution in [0.3, 0.4) is 0 Å². The number of hydrogen-bond donors (Lipinski definition) is 1. The van der Waals surface area contributed by atoms with E-state index in [-0.39, 0.29) is 65.9 Å². The molecule has 0 unspecified atom stereocenters. The Kier molecular flexibility index (Phi) is 5.94. The van der Waals surface area contributed by atoms with Gasteiger partial charge in [-0.2, -0.15) is 5.06 Å². The van der Waals surface area contributed by atoms with Crippen LogP contribution in [0, 0.1) is 5.41 Å². The van der Waals surface area contributed by atoms with Gasteiger partial charge in [0.2, 0.25) is 5.91 Å². The Labute approximate surface area is 174 Å². The minimum absolute atomic E-state index is 0. The summed E-state index contributed by atoms with van der Waals surface area (Å²) >= 11 is -0.0809. The Bertz CT molecular complexity index is 540. The van der Waals surface area contributed by atoms with Crippen LogP contribution in [0.15, 0.2) is 0 Å². The molecule has 0 aromatic rings. The Hall–Kier alpha value is -0.0300. The molecule has 4 aliphatic rings. The fourth-order valence-corrected chi connectivity index (χ4v) is 5.06. The predicted molar refractivity (Wildman–Crippen MR) is 85.9 cm³/mol. The van der Waals surface area contributed by atoms with Crippen LogP contribution in [0.2, 0.25) is 0 Å². The number of amides is 3. The van der Waals surface area contributed by atoms with Crippen LogP contribution in [0.1, 0.15) is 32.6 Å². The molecule has 134 valence electrons. The molecule has 4 fully saturated rings. The zero-order chi connectivity index (χ0) is 16.9. The maximum atomic E-state index is 12.6. The number of likely N-dealkylation sites (tertiary alicyclic amines) is 1. The Morgan fingerprint density at radius 3 is 2.76 bits per heavy atom. The van der Waals surface area contributed by atoms with E-state index in [1.54, 1.807) is 0 Å². The second-order valence-corrected chi connectivity index (χ2v) is 7.85. The van der Waals surface area contributed by atoms with Crippen LogP contribution in [-0.2, 0) is 9.08 Å². The van der Waals surface area contributed by atoms with E-state index in [0.717, 1.165) is 37.5 Å². The van der Waals surface area contributed by atoms with Crippen molar-refractivity contribution in [3.8, 4) is 0 Å². The topological polar surface area (TPSA) is 88.2 Å². The molecule has 3 heterocycles. The van der Waals surface area contributed by atoms with Gasteiger partial charge in [-0.05, 0) is 37.6 Å². The van der Waals surface area contributed by atoms with Gasteiger partial charge in [0, 0.05) is 25.7 Å². The second-order valence-electron chi connectivity index (χ2n) is 7.57. The summed E-state index contributed by atoms with van der Waals surface area (Å²) in [6.45, 7) is 6.01. The van der Waals surface area contributed by atoms with Gasteiger partial charge >= 0.3 is 35.6 Å². The second kappa shape index (κ2) is 7.53. The zero-order valence-electron chi connectivity index (χ0n) is 14.8. The number of rotatable bonds is 5. The molecule has 1 saturated carbocycles. The third kappa shape index (κ3) is 3.44. The summed E-state index contributed by atoms with van der Waals surface area (Å²) in [4.78, 5) is 28.8. The summed E-state index contributed by atoms with van der Waals surface area (Å²) in [5, 5.41) is 4.24. The van der Waals surface area contributed by atoms with Crippen molar-refractivity contribution in [3.63, 3.8) is 0 Å². The molecule has 3 saturated heterocycles. The number of carbonyl (C=O) groups excluding carboxylic acids is 2. The number of piperidine rings is 1. The first-order chi connectivity index (χ1) is 11.5. The van der Waals surface area contributed by atoms with Gasteiger partial charge < -0.3 is 19.7 Å². The number of hydrogen-bond acceptors (Lipinski definition) is 6. The van der Waals surface area contributed by atoms with Crippen LogP contribution in [0.4, 0.5) is 4.79 Å². The van der Waals surface area contributed by atoms with E-state index in [9.17, 15) is 14.1 Å². The van der Waals surface area contributed by atoms with E-state index in [2.05, 4.69) is 17.1 Å². The van der Waals surface area contributed by atoms with Crippen LogP contribution < -0.4 is 34.9 Å². The SMILES string of the molecule is CCN1CC2(CC(NC(=O)[C@@H]3CC[C@@H]4CN3C(=O)N4OS[O-])C2)C1.[Na+]. The number of hydroxylamine groups is 2. The minimum atomic E-state index is -0.441. The number of nitrogens with zero attached hydrogens (tertiary/aromatic N) is 3. The van der Waals surface area contributed by atoms with Crippen molar-refractivity contribution in [2.24, 2.45) is 5.41 Å². The smallest absolute Gasteiger partial charge is 0.774 e. The first-order valence-electron chi connectivity index (χ1n) is 8.64. The summed E-state index contributed by atoms with van der Waals surface area (Å²) < 4.78 is 15.4. The van der Waals surface area contributed by atoms with Gasteiger partial charge in [-0.1, -0.05) is 19.2 Å². The van der Waals surface area contributed by atoms with Crippen LogP contribution in [0.5, 0.6) is 0 Å². The first-order valence-corrected chi connectivity index (χ1v) is 9.31. The molecule has 10 heteroatoms. The maximum absolute atomic E-state index is 12.6. The molecule has 4 rings (SSSR count). The molecule has 2 atom stereocenters. The normalized spacial score (nSPS) is 30.7. The quantitative estimate of drug-likeness (QED) is 0.423. The van der Waals surface area contributed by atoms with E-state index < -0.39 is 6.04 Å². The van der Waals surface area contributed by atoms with Gasteiger partial charge in [-0.3, -0.25) is 4.79 Å². The fraction of sp³-hybridized carbons (Fsp3) is 0.867. The third-order valence-corrected chi connectivity index (χ3v) is 6.23. The van der Waals surface area contributed by atoms with E-state index in [1.807, 2.05) is 0 Å². The summed E-state index contributed by atoms with van der Waals surface area (Å²) in [6, 6.07) is -0.700. The standard InChI is InChI=1S/C15H24N4O4S.Na/c1-2-17-8-15(9-17)5-10(6-15)16-13(20)12-4-3-11-7-18(12)14(21)19(11)23-24-22;/h10-12,22H,2-9H2,1H3,(H,16,20);/q;+1/p-1/t11-,12+;/m1./s1. The fourth-order valence-electron chi connectivity index (χ4n) is 4.80. The van der Waals surface area contributed by atoms with E-state index in [0.29, 0.717) is 24.8 Å². The molecule has 3 aliphatic heterocycles. The van der Waals surface area contributed by atoms with E-state index >= 15 is 0 Å². The van der Waals surface area contributed by atoms with Crippen LogP contribution >= 0.6 is 12.3 Å². The molecule has 25 heavy (non-hydrogen) atoms. The van der Waals surface area contributed by atoms with Crippen LogP contribution in [-0.4, -0.2) is 75.7 Å². The molecule has 0 radical (unpaired) electrons. The molecular formula is C15H23N4NaO4S. The van der Waals surface area contributed by atoms with Crippen molar-refractivity contribution in [3.05, 3.63) is 0 Å². The van der Waals surface area contributed by atoms with Gasteiger partial charge in [0.25, 0.3) is 0 Å². The molecule has 1 spiro atoms. The van der Waals surface area contributed by atoms with Crippen molar-refractivity contribution < 1.29 is 48.0 Å². The number of nitrogens with one attached hydrogen (secondary N) is 1. The Morgan fingerprint density at radius 1 is 1.40 bits per heavy atom. The summed E-state index contributed by atoms with van der Waals surface area (Å²) in [5.41, 5.74) is 0.422. The summed E-state index contributed by atoms with van der Waals surface area (Å²) in [6.07, 6.45) is 3.38. The number of urea groups is 1. The van der Waals surface area contributed by atoms with Gasteiger partial charge in [0.15, 0.2) is 0 Å². The Balaban J connectivity index is 0.00000182. The summed E-state index contributed by atoms with van der Waals surface area (Å²) in [7, 11) is 0. The third-order valence-electron chi connectivity index (χ3n) is 6.01. The van der Waals surface area contributed by atoms with E-state index in [1.165, 1.54) is 4.90 Å². The minimum Gasteiger partial charge on any atom is -0.774 e. The Morgan fingerprint density at radius 2 is 2.12 bits per heavy atom. The molecule has 1 N–H and O–H groups in total. The molecule has 1 aliphatic carbocycles. The van der Waals surface area contributed by atoms with Gasteiger partial charge in [-0.25, -0.2) is 9.08 Å². The predicted octanol–water partition coefficient (Wildman–Crippen LogP) is -2.43. The molecule has 0 aromatic carbocycles. The molecule has 8 nitrogen and oxygen atoms in total. The van der Waals surface area contributed by atoms with Crippen molar-refractivity contribution in [1.82, 2.24) is 20.2 Å². The van der Waals surface area contributed by atoms with Crippen molar-refractivity contribution in [1.29, 1.82) is 0 Å². The number of carbonyl (C=O) groups is 2. The van der Waals surface area contributed by atoms with E-state index in [4.69, 9.17) is 4.28 Å². The monoisotopic (exact) mass is 378 g/mol. The van der Waals surface area contributed by atoms with Gasteiger partial charge in [-0.15, -0.1) is 0 Å². The van der Waals surface area contributed by atoms with Crippen molar-refractivity contribution in [2.45, 2.75) is 50.7 Å². The van der Waals surface area contributed by atoms with Crippen LogP contribution in [0.25, 0.3) is 0 Å². The summed E-state index contributed by atoms with van der Waals surface area (Å²) in [5.74, 6) is -0.0649. The van der Waals surface area contributed by atoms with Crippen molar-refractivity contribution in [2.75, 3.05) is 26.2 Å². The average molecular weight is 378 g/mol. The van der Waals surface area contributed by atoms with Gasteiger partial charge in [0.1, 0.15) is 6.04 Å². The molecule has 2 bridgehead atoms. The average Bonchev–Trinajstić information content (AvgIpc) is 2.73. The largest absolute Gasteiger partial charge is 1.00 e.